The fourth-order valence-corrected chi connectivity index (χ4v) is 7.17. The SMILES string of the molecule is c1ccc([C@@H]2C[C@H]2CN2CC3c4ccccc4C4CC3(C2)c2ccccc24)cc1. The second-order valence-corrected chi connectivity index (χ2v) is 9.89. The fourth-order valence-electron chi connectivity index (χ4n) is 7.17. The number of benzene rings is 3. The van der Waals surface area contributed by atoms with Crippen LogP contribution in [0.1, 0.15) is 58.4 Å². The fraction of sp³-hybridized carbons (Fsp3) is 0.357. The number of hydrogen-bond donors (Lipinski definition) is 0. The zero-order valence-electron chi connectivity index (χ0n) is 16.8. The molecular weight excluding hydrogens is 350 g/mol. The third-order valence-corrected chi connectivity index (χ3v) is 8.44. The van der Waals surface area contributed by atoms with Gasteiger partial charge in [-0.3, -0.25) is 0 Å². The second-order valence-electron chi connectivity index (χ2n) is 9.89. The van der Waals surface area contributed by atoms with Gasteiger partial charge in [0.1, 0.15) is 0 Å². The molecule has 29 heavy (non-hydrogen) atoms. The molecule has 3 aliphatic carbocycles. The minimum absolute atomic E-state index is 0.340. The van der Waals surface area contributed by atoms with Crippen molar-refractivity contribution in [3.63, 3.8) is 0 Å². The van der Waals surface area contributed by atoms with Crippen LogP contribution in [0.25, 0.3) is 0 Å². The largest absolute Gasteiger partial charge is 0.301 e. The highest BCUT2D eigenvalue weighted by atomic mass is 15.2. The molecule has 3 unspecified atom stereocenters. The molecule has 1 spiro atoms. The zero-order valence-corrected chi connectivity index (χ0v) is 16.8. The molecule has 1 nitrogen and oxygen atoms in total. The van der Waals surface area contributed by atoms with Crippen LogP contribution in [0.15, 0.2) is 78.9 Å². The van der Waals surface area contributed by atoms with Gasteiger partial charge in [-0.25, -0.2) is 0 Å². The lowest BCUT2D eigenvalue weighted by molar-refractivity contribution is 0.292. The molecule has 0 aromatic heterocycles. The van der Waals surface area contributed by atoms with Crippen molar-refractivity contribution in [3.8, 4) is 0 Å². The van der Waals surface area contributed by atoms with Crippen molar-refractivity contribution < 1.29 is 0 Å². The van der Waals surface area contributed by atoms with Crippen molar-refractivity contribution in [1.82, 2.24) is 4.90 Å². The Labute approximate surface area is 173 Å². The summed E-state index contributed by atoms with van der Waals surface area (Å²) < 4.78 is 0. The number of hydrogen-bond acceptors (Lipinski definition) is 1. The van der Waals surface area contributed by atoms with Crippen molar-refractivity contribution in [3.05, 3.63) is 107 Å². The quantitative estimate of drug-likeness (QED) is 0.568. The molecule has 1 heteroatoms. The summed E-state index contributed by atoms with van der Waals surface area (Å²) in [4.78, 5) is 2.82. The van der Waals surface area contributed by atoms with Crippen LogP contribution in [0.3, 0.4) is 0 Å². The lowest BCUT2D eigenvalue weighted by Crippen LogP contribution is -2.35. The van der Waals surface area contributed by atoms with Crippen LogP contribution in [0.4, 0.5) is 0 Å². The molecule has 0 amide bonds. The third-order valence-electron chi connectivity index (χ3n) is 8.44. The summed E-state index contributed by atoms with van der Waals surface area (Å²) in [6.45, 7) is 3.75. The van der Waals surface area contributed by atoms with Crippen LogP contribution in [0.2, 0.25) is 0 Å². The summed E-state index contributed by atoms with van der Waals surface area (Å²) in [6, 6.07) is 29.9. The lowest BCUT2D eigenvalue weighted by atomic mass is 9.65. The predicted octanol–water partition coefficient (Wildman–Crippen LogP) is 5.68. The first-order chi connectivity index (χ1) is 14.3. The summed E-state index contributed by atoms with van der Waals surface area (Å²) in [5.74, 6) is 2.90. The highest BCUT2D eigenvalue weighted by Crippen LogP contribution is 2.63. The molecule has 1 saturated heterocycles. The van der Waals surface area contributed by atoms with Gasteiger partial charge >= 0.3 is 0 Å². The van der Waals surface area contributed by atoms with E-state index < -0.39 is 0 Å². The molecule has 3 aromatic rings. The monoisotopic (exact) mass is 377 g/mol. The van der Waals surface area contributed by atoms with Crippen molar-refractivity contribution in [2.24, 2.45) is 5.92 Å². The van der Waals surface area contributed by atoms with E-state index in [0.717, 1.165) is 11.8 Å². The lowest BCUT2D eigenvalue weighted by Gasteiger charge is -2.37. The Hall–Kier alpha value is -2.38. The van der Waals surface area contributed by atoms with E-state index in [-0.39, 0.29) is 0 Å². The number of likely N-dealkylation sites (tertiary alicyclic amines) is 1. The van der Waals surface area contributed by atoms with E-state index in [1.807, 2.05) is 0 Å². The average molecular weight is 378 g/mol. The Kier molecular flexibility index (Phi) is 3.30. The molecule has 1 saturated carbocycles. The molecule has 2 bridgehead atoms. The van der Waals surface area contributed by atoms with Gasteiger partial charge in [0.2, 0.25) is 0 Å². The third kappa shape index (κ3) is 2.25. The first-order valence-corrected chi connectivity index (χ1v) is 11.3. The maximum Gasteiger partial charge on any atom is 0.0173 e. The molecule has 4 aliphatic rings. The molecule has 144 valence electrons. The Balaban J connectivity index is 1.23. The molecule has 7 rings (SSSR count). The van der Waals surface area contributed by atoms with Gasteiger partial charge in [-0.1, -0.05) is 78.9 Å². The first kappa shape index (κ1) is 16.4. The predicted molar refractivity (Wildman–Crippen MR) is 117 cm³/mol. The summed E-state index contributed by atoms with van der Waals surface area (Å²) in [5.41, 5.74) is 8.39. The van der Waals surface area contributed by atoms with Crippen LogP contribution in [-0.4, -0.2) is 24.5 Å². The van der Waals surface area contributed by atoms with E-state index in [1.54, 1.807) is 27.8 Å². The number of rotatable bonds is 3. The molecular formula is C28H27N. The van der Waals surface area contributed by atoms with Gasteiger partial charge in [0.05, 0.1) is 0 Å². The molecule has 1 aliphatic heterocycles. The number of nitrogens with zero attached hydrogens (tertiary/aromatic N) is 1. The first-order valence-electron chi connectivity index (χ1n) is 11.3. The summed E-state index contributed by atoms with van der Waals surface area (Å²) in [7, 11) is 0. The number of fused-ring (bicyclic) bond motifs is 3. The molecule has 3 aromatic carbocycles. The minimum atomic E-state index is 0.340. The van der Waals surface area contributed by atoms with Crippen molar-refractivity contribution in [1.29, 1.82) is 0 Å². The maximum atomic E-state index is 2.82. The summed E-state index contributed by atoms with van der Waals surface area (Å²) in [5, 5.41) is 0. The molecule has 0 N–H and O–H groups in total. The van der Waals surface area contributed by atoms with Crippen molar-refractivity contribution in [2.75, 3.05) is 19.6 Å². The Morgan fingerprint density at radius 3 is 2.38 bits per heavy atom. The topological polar surface area (TPSA) is 3.24 Å². The molecule has 2 fully saturated rings. The molecule has 0 radical (unpaired) electrons. The summed E-state index contributed by atoms with van der Waals surface area (Å²) >= 11 is 0. The highest BCUT2D eigenvalue weighted by molar-refractivity contribution is 5.58. The van der Waals surface area contributed by atoms with Gasteiger partial charge < -0.3 is 4.90 Å². The van der Waals surface area contributed by atoms with E-state index in [0.29, 0.717) is 17.3 Å². The summed E-state index contributed by atoms with van der Waals surface area (Å²) in [6.07, 6.45) is 2.69. The van der Waals surface area contributed by atoms with Crippen LogP contribution in [-0.2, 0) is 5.41 Å². The van der Waals surface area contributed by atoms with Gasteiger partial charge in [-0.2, -0.15) is 0 Å². The van der Waals surface area contributed by atoms with Crippen LogP contribution >= 0.6 is 0 Å². The second kappa shape index (κ2) is 5.83. The van der Waals surface area contributed by atoms with Gasteiger partial charge in [0.25, 0.3) is 0 Å². The van der Waals surface area contributed by atoms with Crippen LogP contribution < -0.4 is 0 Å². The normalized spacial score (nSPS) is 33.8. The van der Waals surface area contributed by atoms with E-state index in [2.05, 4.69) is 83.8 Å². The van der Waals surface area contributed by atoms with E-state index in [4.69, 9.17) is 0 Å². The van der Waals surface area contributed by atoms with Gasteiger partial charge in [0, 0.05) is 36.9 Å². The van der Waals surface area contributed by atoms with E-state index in [1.165, 1.54) is 32.5 Å². The maximum absolute atomic E-state index is 2.82. The standard InChI is InChI=1S/C28H27N/c1-2-8-19(9-3-1)24-14-20(24)16-29-17-27-22-11-5-4-10-21(22)25-15-28(27,18-29)26-13-7-6-12-23(25)26/h1-13,20,24-25,27H,14-18H2/t20-,24-,25?,27?,28?/m0/s1. The van der Waals surface area contributed by atoms with Gasteiger partial charge in [0.15, 0.2) is 0 Å². The van der Waals surface area contributed by atoms with Crippen molar-refractivity contribution in [2.45, 2.75) is 36.0 Å². The Bertz CT molecular complexity index is 1080. The zero-order chi connectivity index (χ0) is 19.0. The average Bonchev–Trinajstić information content (AvgIpc) is 3.35. The minimum Gasteiger partial charge on any atom is -0.301 e. The Morgan fingerprint density at radius 2 is 1.52 bits per heavy atom. The van der Waals surface area contributed by atoms with E-state index in [9.17, 15) is 0 Å². The smallest absolute Gasteiger partial charge is 0.0173 e. The highest BCUT2D eigenvalue weighted by Gasteiger charge is 2.58. The molecule has 1 heterocycles. The van der Waals surface area contributed by atoms with Crippen LogP contribution in [0.5, 0.6) is 0 Å². The van der Waals surface area contributed by atoms with Crippen LogP contribution in [0, 0.1) is 5.92 Å². The Morgan fingerprint density at radius 1 is 0.793 bits per heavy atom. The van der Waals surface area contributed by atoms with E-state index >= 15 is 0 Å². The van der Waals surface area contributed by atoms with Crippen molar-refractivity contribution >= 4 is 0 Å². The van der Waals surface area contributed by atoms with Gasteiger partial charge in [-0.05, 0) is 52.5 Å². The molecule has 5 atom stereocenters. The van der Waals surface area contributed by atoms with Gasteiger partial charge in [-0.15, -0.1) is 0 Å².